The molecule has 132 valence electrons. The summed E-state index contributed by atoms with van der Waals surface area (Å²) < 4.78 is 29.1. The number of fused-ring (bicyclic) bond motifs is 1. The van der Waals surface area contributed by atoms with Crippen molar-refractivity contribution in [3.05, 3.63) is 54.6 Å². The molecule has 1 aliphatic rings. The van der Waals surface area contributed by atoms with Crippen LogP contribution in [0.15, 0.2) is 54.6 Å². The van der Waals surface area contributed by atoms with Crippen molar-refractivity contribution in [2.75, 3.05) is 23.9 Å². The fraction of sp³-hybridized carbons (Fsp3) is 0.250. The Morgan fingerprint density at radius 2 is 1.75 bits per heavy atom. The number of nitrogens with one attached hydrogen (secondary N) is 1. The van der Waals surface area contributed by atoms with Gasteiger partial charge in [-0.25, -0.2) is 4.31 Å². The number of hydrogen-bond acceptors (Lipinski definition) is 6. The number of halogens is 1. The van der Waals surface area contributed by atoms with E-state index >= 15 is 0 Å². The molecule has 0 bridgehead atoms. The van der Waals surface area contributed by atoms with Crippen LogP contribution in [-0.4, -0.2) is 34.2 Å². The van der Waals surface area contributed by atoms with Gasteiger partial charge < -0.3 is 15.8 Å². The van der Waals surface area contributed by atoms with E-state index in [1.807, 2.05) is 54.6 Å². The van der Waals surface area contributed by atoms with Gasteiger partial charge in [-0.2, -0.15) is 0 Å². The number of benzene rings is 2. The molecule has 1 unspecified atom stereocenters. The summed E-state index contributed by atoms with van der Waals surface area (Å²) in [5, 5.41) is 3.09. The number of hydrogen-bond donors (Lipinski definition) is 4. The maximum Gasteiger partial charge on any atom is 0.218 e. The fourth-order valence-corrected chi connectivity index (χ4v) is 4.21. The number of rotatable bonds is 5. The minimum atomic E-state index is -3.20. The van der Waals surface area contributed by atoms with E-state index in [2.05, 4.69) is 5.32 Å². The highest BCUT2D eigenvalue weighted by Crippen LogP contribution is 2.60. The van der Waals surface area contributed by atoms with Gasteiger partial charge in [-0.3, -0.25) is 9.11 Å². The first-order valence-electron chi connectivity index (χ1n) is 7.43. The predicted octanol–water partition coefficient (Wildman–Crippen LogP) is 3.18. The molecule has 1 heterocycles. The molecule has 1 aliphatic heterocycles. The van der Waals surface area contributed by atoms with Crippen LogP contribution >= 0.6 is 23.2 Å². The van der Waals surface area contributed by atoms with E-state index in [9.17, 15) is 9.11 Å². The van der Waals surface area contributed by atoms with Crippen LogP contribution in [0, 0.1) is 0 Å². The topological polar surface area (TPSA) is 91.0 Å². The molecule has 0 spiro atoms. The average Bonchev–Trinajstić information content (AvgIpc) is 2.56. The van der Waals surface area contributed by atoms with Crippen LogP contribution in [0.25, 0.3) is 0 Å². The van der Waals surface area contributed by atoms with E-state index < -0.39 is 16.2 Å². The molecule has 6 nitrogen and oxygen atoms in total. The van der Waals surface area contributed by atoms with Gasteiger partial charge in [0.05, 0.1) is 12.2 Å². The Morgan fingerprint density at radius 3 is 2.46 bits per heavy atom. The van der Waals surface area contributed by atoms with Crippen molar-refractivity contribution in [3.8, 4) is 5.75 Å². The van der Waals surface area contributed by atoms with Crippen molar-refractivity contribution >= 4 is 34.6 Å². The van der Waals surface area contributed by atoms with Crippen LogP contribution in [0.2, 0.25) is 0 Å². The second-order valence-corrected chi connectivity index (χ2v) is 7.21. The van der Waals surface area contributed by atoms with Crippen LogP contribution in [0.5, 0.6) is 5.75 Å². The highest BCUT2D eigenvalue weighted by molar-refractivity contribution is 8.26. The number of nitrogens with zero attached hydrogens (tertiary/aromatic N) is 1. The third kappa shape index (κ3) is 3.61. The molecule has 3 rings (SSSR count). The molecule has 0 saturated heterocycles. The molecule has 24 heavy (non-hydrogen) atoms. The lowest BCUT2D eigenvalue weighted by Gasteiger charge is -2.51. The van der Waals surface area contributed by atoms with E-state index in [0.717, 1.165) is 0 Å². The summed E-state index contributed by atoms with van der Waals surface area (Å²) in [5.74, 6) is 0.627. The Hall–Kier alpha value is -1.48. The molecule has 0 radical (unpaired) electrons. The third-order valence-electron chi connectivity index (χ3n) is 3.59. The molecular weight excluding hydrogens is 350 g/mol. The zero-order chi connectivity index (χ0) is 16.3. The molecule has 0 amide bonds. The first kappa shape index (κ1) is 18.9. The Balaban J connectivity index is 0.00000208. The number of nitrogens with two attached hydrogens (primary N) is 1. The van der Waals surface area contributed by atoms with Gasteiger partial charge in [0.15, 0.2) is 0 Å². The average molecular weight is 372 g/mol. The smallest absolute Gasteiger partial charge is 0.218 e. The fourth-order valence-electron chi connectivity index (χ4n) is 2.53. The van der Waals surface area contributed by atoms with Crippen LogP contribution in [-0.2, 0) is 0 Å². The summed E-state index contributed by atoms with van der Waals surface area (Å²) >= 11 is 0. The first-order valence-corrected chi connectivity index (χ1v) is 9.00. The third-order valence-corrected chi connectivity index (χ3v) is 5.50. The van der Waals surface area contributed by atoms with Gasteiger partial charge in [0, 0.05) is 13.1 Å². The van der Waals surface area contributed by atoms with Crippen LogP contribution < -0.4 is 20.1 Å². The SMILES string of the molecule is Cl.NCCNCC1Oc2ccccc2N(c2ccccc2)S1(O)O. The number of anilines is 2. The molecule has 0 fully saturated rings. The molecule has 0 aromatic heterocycles. The molecule has 0 saturated carbocycles. The summed E-state index contributed by atoms with van der Waals surface area (Å²) in [7, 11) is -3.20. The molecular formula is C16H22ClN3O3S. The van der Waals surface area contributed by atoms with Gasteiger partial charge in [0.25, 0.3) is 0 Å². The van der Waals surface area contributed by atoms with Crippen molar-refractivity contribution < 1.29 is 13.8 Å². The highest BCUT2D eigenvalue weighted by Gasteiger charge is 2.40. The van der Waals surface area contributed by atoms with Crippen LogP contribution in [0.3, 0.4) is 0 Å². The standard InChI is InChI=1S/C16H21N3O3S.ClH/c17-10-11-18-12-16-22-15-9-5-4-8-14(15)19(23(16,20)21)13-6-2-1-3-7-13;/h1-9,16,18,20-21H,10-12,17H2;1H. The second kappa shape index (κ2) is 8.06. The van der Waals surface area contributed by atoms with Gasteiger partial charge in [-0.15, -0.1) is 12.4 Å². The van der Waals surface area contributed by atoms with Gasteiger partial charge in [0.1, 0.15) is 11.4 Å². The van der Waals surface area contributed by atoms with Gasteiger partial charge in [-0.1, -0.05) is 41.1 Å². The zero-order valence-corrected chi connectivity index (χ0v) is 14.7. The van der Waals surface area contributed by atoms with Crippen molar-refractivity contribution in [1.82, 2.24) is 5.32 Å². The van der Waals surface area contributed by atoms with E-state index in [1.165, 1.54) is 0 Å². The summed E-state index contributed by atoms with van der Waals surface area (Å²) in [6, 6.07) is 16.7. The van der Waals surface area contributed by atoms with Crippen molar-refractivity contribution in [2.45, 2.75) is 5.44 Å². The van der Waals surface area contributed by atoms with Gasteiger partial charge in [-0.05, 0) is 24.3 Å². The Labute approximate surface area is 149 Å². The highest BCUT2D eigenvalue weighted by atomic mass is 35.5. The van der Waals surface area contributed by atoms with Crippen molar-refractivity contribution in [2.24, 2.45) is 5.73 Å². The predicted molar refractivity (Wildman–Crippen MR) is 101 cm³/mol. The maximum absolute atomic E-state index is 10.9. The lowest BCUT2D eigenvalue weighted by atomic mass is 10.2. The molecule has 2 aromatic carbocycles. The summed E-state index contributed by atoms with van der Waals surface area (Å²) in [5.41, 5.74) is 6.06. The minimum absolute atomic E-state index is 0. The van der Waals surface area contributed by atoms with Gasteiger partial charge >= 0.3 is 0 Å². The molecule has 5 N–H and O–H groups in total. The van der Waals surface area contributed by atoms with Crippen molar-refractivity contribution in [1.29, 1.82) is 0 Å². The monoisotopic (exact) mass is 371 g/mol. The number of ether oxygens (including phenoxy) is 1. The van der Waals surface area contributed by atoms with Crippen LogP contribution in [0.4, 0.5) is 11.4 Å². The molecule has 1 atom stereocenters. The van der Waals surface area contributed by atoms with E-state index in [4.69, 9.17) is 10.5 Å². The Kier molecular flexibility index (Phi) is 6.34. The lowest BCUT2D eigenvalue weighted by molar-refractivity contribution is 0.244. The molecule has 0 aliphatic carbocycles. The normalized spacial score (nSPS) is 19.6. The summed E-state index contributed by atoms with van der Waals surface area (Å²) in [6.07, 6.45) is 0. The lowest BCUT2D eigenvalue weighted by Crippen LogP contribution is -2.45. The van der Waals surface area contributed by atoms with E-state index in [1.54, 1.807) is 4.31 Å². The Bertz CT molecular complexity index is 660. The largest absolute Gasteiger partial charge is 0.465 e. The molecule has 2 aromatic rings. The van der Waals surface area contributed by atoms with Crippen molar-refractivity contribution in [3.63, 3.8) is 0 Å². The van der Waals surface area contributed by atoms with Gasteiger partial charge in [0.2, 0.25) is 5.44 Å². The Morgan fingerprint density at radius 1 is 1.08 bits per heavy atom. The molecule has 8 heteroatoms. The number of para-hydroxylation sites is 3. The first-order chi connectivity index (χ1) is 11.1. The summed E-state index contributed by atoms with van der Waals surface area (Å²) in [6.45, 7) is 1.37. The van der Waals surface area contributed by atoms with E-state index in [0.29, 0.717) is 36.8 Å². The van der Waals surface area contributed by atoms with Crippen LogP contribution in [0.1, 0.15) is 0 Å². The minimum Gasteiger partial charge on any atom is -0.465 e. The van der Waals surface area contributed by atoms with E-state index in [-0.39, 0.29) is 12.4 Å². The summed E-state index contributed by atoms with van der Waals surface area (Å²) in [4.78, 5) is 0. The quantitative estimate of drug-likeness (QED) is 0.603. The maximum atomic E-state index is 10.9. The second-order valence-electron chi connectivity index (χ2n) is 5.20. The zero-order valence-electron chi connectivity index (χ0n) is 13.0.